The molecule has 100 valence electrons. The zero-order valence-corrected chi connectivity index (χ0v) is 12.2. The van der Waals surface area contributed by atoms with E-state index in [1.807, 2.05) is 12.1 Å². The van der Waals surface area contributed by atoms with Gasteiger partial charge in [0.2, 0.25) is 0 Å². The molecule has 0 radical (unpaired) electrons. The molecule has 0 aliphatic rings. The van der Waals surface area contributed by atoms with Gasteiger partial charge in [-0.3, -0.25) is 0 Å². The SMILES string of the molecule is COc1ccc(C(C)(O)c2ccc(Cl)c(Cl)c2)cc1. The van der Waals surface area contributed by atoms with E-state index in [1.54, 1.807) is 44.4 Å². The molecule has 19 heavy (non-hydrogen) atoms. The second kappa shape index (κ2) is 5.41. The second-order valence-corrected chi connectivity index (χ2v) is 5.24. The lowest BCUT2D eigenvalue weighted by atomic mass is 9.88. The summed E-state index contributed by atoms with van der Waals surface area (Å²) in [7, 11) is 1.60. The first kappa shape index (κ1) is 14.2. The fraction of sp³-hybridized carbons (Fsp3) is 0.200. The Labute approximate surface area is 122 Å². The van der Waals surface area contributed by atoms with Crippen molar-refractivity contribution in [1.82, 2.24) is 0 Å². The Bertz CT molecular complexity index is 577. The van der Waals surface area contributed by atoms with Gasteiger partial charge < -0.3 is 9.84 Å². The summed E-state index contributed by atoms with van der Waals surface area (Å²) in [5, 5.41) is 11.6. The zero-order valence-electron chi connectivity index (χ0n) is 10.7. The average Bonchev–Trinajstić information content (AvgIpc) is 2.41. The molecule has 4 heteroatoms. The van der Waals surface area contributed by atoms with Crippen molar-refractivity contribution in [3.05, 3.63) is 63.6 Å². The Morgan fingerprint density at radius 2 is 1.53 bits per heavy atom. The molecule has 1 N–H and O–H groups in total. The number of ether oxygens (including phenoxy) is 1. The second-order valence-electron chi connectivity index (χ2n) is 4.43. The maximum Gasteiger partial charge on any atom is 0.118 e. The topological polar surface area (TPSA) is 29.5 Å². The van der Waals surface area contributed by atoms with Gasteiger partial charge in [0.25, 0.3) is 0 Å². The first-order chi connectivity index (χ1) is 8.95. The molecule has 0 saturated heterocycles. The molecule has 2 aromatic rings. The summed E-state index contributed by atoms with van der Waals surface area (Å²) in [4.78, 5) is 0. The van der Waals surface area contributed by atoms with Gasteiger partial charge in [-0.2, -0.15) is 0 Å². The molecule has 0 amide bonds. The van der Waals surface area contributed by atoms with Gasteiger partial charge in [-0.1, -0.05) is 41.4 Å². The van der Waals surface area contributed by atoms with Gasteiger partial charge in [0, 0.05) is 0 Å². The van der Waals surface area contributed by atoms with Crippen molar-refractivity contribution in [3.8, 4) is 5.75 Å². The number of aliphatic hydroxyl groups is 1. The van der Waals surface area contributed by atoms with E-state index in [9.17, 15) is 5.11 Å². The quantitative estimate of drug-likeness (QED) is 0.917. The van der Waals surface area contributed by atoms with Gasteiger partial charge >= 0.3 is 0 Å². The Balaban J connectivity index is 2.41. The van der Waals surface area contributed by atoms with E-state index in [1.165, 1.54) is 0 Å². The van der Waals surface area contributed by atoms with Crippen molar-refractivity contribution >= 4 is 23.2 Å². The Kier molecular flexibility index (Phi) is 4.04. The van der Waals surface area contributed by atoms with E-state index in [0.717, 1.165) is 11.3 Å². The Morgan fingerprint density at radius 3 is 2.05 bits per heavy atom. The van der Waals surface area contributed by atoms with Crippen LogP contribution in [0, 0.1) is 0 Å². The van der Waals surface area contributed by atoms with Crippen LogP contribution in [0.3, 0.4) is 0 Å². The lowest BCUT2D eigenvalue weighted by Crippen LogP contribution is -2.22. The number of hydrogen-bond donors (Lipinski definition) is 1. The Hall–Kier alpha value is -1.22. The van der Waals surface area contributed by atoms with Gasteiger partial charge in [0.05, 0.1) is 17.2 Å². The average molecular weight is 297 g/mol. The molecule has 2 rings (SSSR count). The highest BCUT2D eigenvalue weighted by Crippen LogP contribution is 2.33. The smallest absolute Gasteiger partial charge is 0.118 e. The van der Waals surface area contributed by atoms with Gasteiger partial charge in [-0.15, -0.1) is 0 Å². The molecule has 0 saturated carbocycles. The van der Waals surface area contributed by atoms with Gasteiger partial charge in [0.1, 0.15) is 11.4 Å². The van der Waals surface area contributed by atoms with E-state index in [2.05, 4.69) is 0 Å². The maximum atomic E-state index is 10.7. The van der Waals surface area contributed by atoms with Crippen LogP contribution in [0.1, 0.15) is 18.1 Å². The molecule has 0 fully saturated rings. The largest absolute Gasteiger partial charge is 0.497 e. The van der Waals surface area contributed by atoms with Crippen LogP contribution in [0.25, 0.3) is 0 Å². The third kappa shape index (κ3) is 2.86. The van der Waals surface area contributed by atoms with Crippen molar-refractivity contribution in [2.45, 2.75) is 12.5 Å². The minimum Gasteiger partial charge on any atom is -0.497 e. The summed E-state index contributed by atoms with van der Waals surface area (Å²) in [6, 6.07) is 12.4. The minimum absolute atomic E-state index is 0.424. The molecule has 0 heterocycles. The molecular weight excluding hydrogens is 283 g/mol. The summed E-state index contributed by atoms with van der Waals surface area (Å²) in [5.74, 6) is 0.744. The molecule has 2 aromatic carbocycles. The van der Waals surface area contributed by atoms with Crippen molar-refractivity contribution in [1.29, 1.82) is 0 Å². The van der Waals surface area contributed by atoms with E-state index >= 15 is 0 Å². The predicted octanol–water partition coefficient (Wildman–Crippen LogP) is 4.26. The van der Waals surface area contributed by atoms with E-state index in [4.69, 9.17) is 27.9 Å². The molecule has 0 bridgehead atoms. The molecule has 0 aliphatic carbocycles. The highest BCUT2D eigenvalue weighted by molar-refractivity contribution is 6.42. The maximum absolute atomic E-state index is 10.7. The van der Waals surface area contributed by atoms with Crippen molar-refractivity contribution < 1.29 is 9.84 Å². The molecule has 0 spiro atoms. The number of hydrogen-bond acceptors (Lipinski definition) is 2. The highest BCUT2D eigenvalue weighted by Gasteiger charge is 2.26. The van der Waals surface area contributed by atoms with Crippen LogP contribution in [-0.4, -0.2) is 12.2 Å². The van der Waals surface area contributed by atoms with Crippen LogP contribution < -0.4 is 4.74 Å². The van der Waals surface area contributed by atoms with Crippen LogP contribution >= 0.6 is 23.2 Å². The van der Waals surface area contributed by atoms with Crippen LogP contribution in [0.15, 0.2) is 42.5 Å². The number of rotatable bonds is 3. The van der Waals surface area contributed by atoms with E-state index in [0.29, 0.717) is 15.6 Å². The monoisotopic (exact) mass is 296 g/mol. The van der Waals surface area contributed by atoms with Crippen LogP contribution in [0.4, 0.5) is 0 Å². The van der Waals surface area contributed by atoms with E-state index < -0.39 is 5.60 Å². The lowest BCUT2D eigenvalue weighted by Gasteiger charge is -2.25. The first-order valence-electron chi connectivity index (χ1n) is 5.77. The number of benzene rings is 2. The van der Waals surface area contributed by atoms with Gasteiger partial charge in [-0.05, 0) is 42.3 Å². The van der Waals surface area contributed by atoms with Gasteiger partial charge in [-0.25, -0.2) is 0 Å². The molecule has 0 aliphatic heterocycles. The summed E-state index contributed by atoms with van der Waals surface area (Å²) >= 11 is 11.9. The summed E-state index contributed by atoms with van der Waals surface area (Å²) in [5.41, 5.74) is 0.305. The van der Waals surface area contributed by atoms with Gasteiger partial charge in [0.15, 0.2) is 0 Å². The lowest BCUT2D eigenvalue weighted by molar-refractivity contribution is 0.102. The summed E-state index contributed by atoms with van der Waals surface area (Å²) in [6.07, 6.45) is 0. The minimum atomic E-state index is -1.14. The third-order valence-corrected chi connectivity index (χ3v) is 3.87. The molecule has 2 nitrogen and oxygen atoms in total. The summed E-state index contributed by atoms with van der Waals surface area (Å²) < 4.78 is 5.10. The van der Waals surface area contributed by atoms with Crippen molar-refractivity contribution in [3.63, 3.8) is 0 Å². The van der Waals surface area contributed by atoms with E-state index in [-0.39, 0.29) is 0 Å². The van der Waals surface area contributed by atoms with Crippen LogP contribution in [0.5, 0.6) is 5.75 Å². The fourth-order valence-electron chi connectivity index (χ4n) is 1.88. The fourth-order valence-corrected chi connectivity index (χ4v) is 2.18. The molecule has 1 unspecified atom stereocenters. The predicted molar refractivity (Wildman–Crippen MR) is 78.1 cm³/mol. The molecular formula is C15H14Cl2O2. The summed E-state index contributed by atoms with van der Waals surface area (Å²) in [6.45, 7) is 1.72. The third-order valence-electron chi connectivity index (χ3n) is 3.13. The van der Waals surface area contributed by atoms with Crippen molar-refractivity contribution in [2.75, 3.05) is 7.11 Å². The van der Waals surface area contributed by atoms with Crippen LogP contribution in [-0.2, 0) is 5.60 Å². The Morgan fingerprint density at radius 1 is 0.947 bits per heavy atom. The zero-order chi connectivity index (χ0) is 14.0. The van der Waals surface area contributed by atoms with Crippen molar-refractivity contribution in [2.24, 2.45) is 0 Å². The first-order valence-corrected chi connectivity index (χ1v) is 6.53. The number of methoxy groups -OCH3 is 1. The standard InChI is InChI=1S/C15H14Cl2O2/c1-15(18,10-3-6-12(19-2)7-4-10)11-5-8-13(16)14(17)9-11/h3-9,18H,1-2H3. The highest BCUT2D eigenvalue weighted by atomic mass is 35.5. The van der Waals surface area contributed by atoms with Crippen LogP contribution in [0.2, 0.25) is 10.0 Å². The molecule has 0 aromatic heterocycles. The normalized spacial score (nSPS) is 13.9. The number of halogens is 2. The molecule has 1 atom stereocenters.